The topological polar surface area (TPSA) is 75.1 Å². The van der Waals surface area contributed by atoms with Gasteiger partial charge in [-0.25, -0.2) is 9.97 Å². The number of aromatic nitrogens is 2. The van der Waals surface area contributed by atoms with E-state index < -0.39 is 0 Å². The molecule has 0 saturated carbocycles. The summed E-state index contributed by atoms with van der Waals surface area (Å²) in [7, 11) is 0. The first-order valence-electron chi connectivity index (χ1n) is 6.41. The summed E-state index contributed by atoms with van der Waals surface area (Å²) in [5.41, 5.74) is 1.28. The third-order valence-corrected chi connectivity index (χ3v) is 4.22. The molecule has 6 heteroatoms. The van der Waals surface area contributed by atoms with Crippen LogP contribution in [0.25, 0.3) is 0 Å². The molecule has 0 fully saturated rings. The van der Waals surface area contributed by atoms with E-state index in [0.29, 0.717) is 0 Å². The highest BCUT2D eigenvalue weighted by atomic mass is 32.1. The first kappa shape index (κ1) is 14.5. The van der Waals surface area contributed by atoms with E-state index in [1.165, 1.54) is 18.3 Å². The maximum Gasteiger partial charge on any atom is 0.270 e. The van der Waals surface area contributed by atoms with Gasteiger partial charge in [-0.15, -0.1) is 11.3 Å². The molecule has 2 aromatic rings. The molecular formula is C14H17N3O2S. The van der Waals surface area contributed by atoms with Gasteiger partial charge >= 0.3 is 0 Å². The van der Waals surface area contributed by atoms with Crippen LogP contribution in [-0.2, 0) is 0 Å². The average Bonchev–Trinajstić information content (AvgIpc) is 2.76. The molecule has 5 nitrogen and oxygen atoms in total. The van der Waals surface area contributed by atoms with Crippen LogP contribution in [0.2, 0.25) is 0 Å². The van der Waals surface area contributed by atoms with Crippen molar-refractivity contribution in [2.24, 2.45) is 0 Å². The Labute approximate surface area is 121 Å². The maximum atomic E-state index is 12.1. The molecule has 0 aliphatic rings. The van der Waals surface area contributed by atoms with Gasteiger partial charge in [0, 0.05) is 4.88 Å². The third-order valence-electron chi connectivity index (χ3n) is 3.04. The van der Waals surface area contributed by atoms with Crippen molar-refractivity contribution in [3.8, 4) is 5.75 Å². The monoisotopic (exact) mass is 291 g/mol. The summed E-state index contributed by atoms with van der Waals surface area (Å²) >= 11 is 1.60. The molecule has 0 aliphatic heterocycles. The van der Waals surface area contributed by atoms with Gasteiger partial charge in [-0.05, 0) is 32.4 Å². The van der Waals surface area contributed by atoms with Crippen LogP contribution in [0.3, 0.4) is 0 Å². The molecule has 1 atom stereocenters. The second kappa shape index (κ2) is 6.00. The van der Waals surface area contributed by atoms with Crippen LogP contribution in [0.1, 0.15) is 45.5 Å². The van der Waals surface area contributed by atoms with Crippen molar-refractivity contribution in [3.63, 3.8) is 0 Å². The van der Waals surface area contributed by atoms with Crippen molar-refractivity contribution >= 4 is 17.2 Å². The summed E-state index contributed by atoms with van der Waals surface area (Å²) in [6.07, 6.45) is 2.02. The van der Waals surface area contributed by atoms with E-state index in [0.717, 1.165) is 22.0 Å². The Morgan fingerprint density at radius 2 is 2.20 bits per heavy atom. The van der Waals surface area contributed by atoms with Crippen LogP contribution in [0.4, 0.5) is 0 Å². The van der Waals surface area contributed by atoms with Crippen LogP contribution < -0.4 is 5.32 Å². The number of carbonyl (C=O) groups excluding carboxylic acids is 1. The summed E-state index contributed by atoms with van der Waals surface area (Å²) in [5.74, 6) is -0.220. The van der Waals surface area contributed by atoms with Gasteiger partial charge in [0.2, 0.25) is 0 Å². The van der Waals surface area contributed by atoms with Crippen LogP contribution in [0.15, 0.2) is 18.3 Å². The number of amides is 1. The zero-order chi connectivity index (χ0) is 14.7. The van der Waals surface area contributed by atoms with E-state index in [4.69, 9.17) is 0 Å². The van der Waals surface area contributed by atoms with E-state index in [1.807, 2.05) is 20.8 Å². The number of carbonyl (C=O) groups is 1. The SMILES string of the molecule is CC[C@@H](NC(=O)c1ccc(O)cn1)c1nc(C)c(C)s1. The molecule has 2 N–H and O–H groups in total. The lowest BCUT2D eigenvalue weighted by molar-refractivity contribution is 0.0930. The van der Waals surface area contributed by atoms with Crippen LogP contribution >= 0.6 is 11.3 Å². The minimum atomic E-state index is -0.262. The summed E-state index contributed by atoms with van der Waals surface area (Å²) in [6, 6.07) is 2.83. The molecule has 0 radical (unpaired) electrons. The number of pyridine rings is 1. The van der Waals surface area contributed by atoms with Gasteiger partial charge in [0.15, 0.2) is 0 Å². The molecule has 20 heavy (non-hydrogen) atoms. The number of aromatic hydroxyl groups is 1. The molecule has 2 heterocycles. The second-order valence-electron chi connectivity index (χ2n) is 4.53. The van der Waals surface area contributed by atoms with Gasteiger partial charge in [0.1, 0.15) is 16.5 Å². The molecule has 0 aliphatic carbocycles. The van der Waals surface area contributed by atoms with Crippen molar-refractivity contribution in [2.75, 3.05) is 0 Å². The maximum absolute atomic E-state index is 12.1. The Morgan fingerprint density at radius 1 is 1.45 bits per heavy atom. The van der Waals surface area contributed by atoms with Crippen molar-refractivity contribution in [1.29, 1.82) is 0 Å². The van der Waals surface area contributed by atoms with E-state index in [1.54, 1.807) is 11.3 Å². The number of hydrogen-bond donors (Lipinski definition) is 2. The van der Waals surface area contributed by atoms with Crippen molar-refractivity contribution in [2.45, 2.75) is 33.2 Å². The Kier molecular flexibility index (Phi) is 4.34. The number of aryl methyl sites for hydroxylation is 2. The van der Waals surface area contributed by atoms with Crippen molar-refractivity contribution in [3.05, 3.63) is 39.6 Å². The highest BCUT2D eigenvalue weighted by Gasteiger charge is 2.18. The summed E-state index contributed by atoms with van der Waals surface area (Å²) < 4.78 is 0. The fourth-order valence-electron chi connectivity index (χ4n) is 1.74. The predicted molar refractivity (Wildman–Crippen MR) is 78.0 cm³/mol. The van der Waals surface area contributed by atoms with Crippen molar-refractivity contribution < 1.29 is 9.90 Å². The fourth-order valence-corrected chi connectivity index (χ4v) is 2.80. The minimum absolute atomic E-state index is 0.0414. The van der Waals surface area contributed by atoms with Gasteiger partial charge in [0.25, 0.3) is 5.91 Å². The zero-order valence-electron chi connectivity index (χ0n) is 11.7. The van der Waals surface area contributed by atoms with Gasteiger partial charge in [-0.3, -0.25) is 4.79 Å². The molecule has 0 bridgehead atoms. The normalized spacial score (nSPS) is 12.2. The Morgan fingerprint density at radius 3 is 2.70 bits per heavy atom. The largest absolute Gasteiger partial charge is 0.506 e. The average molecular weight is 291 g/mol. The summed E-state index contributed by atoms with van der Waals surface area (Å²) in [5, 5.41) is 13.0. The summed E-state index contributed by atoms with van der Waals surface area (Å²) in [4.78, 5) is 21.7. The lowest BCUT2D eigenvalue weighted by Crippen LogP contribution is -2.28. The minimum Gasteiger partial charge on any atom is -0.506 e. The van der Waals surface area contributed by atoms with E-state index >= 15 is 0 Å². The fraction of sp³-hybridized carbons (Fsp3) is 0.357. The highest BCUT2D eigenvalue weighted by Crippen LogP contribution is 2.25. The first-order valence-corrected chi connectivity index (χ1v) is 7.22. The lowest BCUT2D eigenvalue weighted by atomic mass is 10.2. The molecule has 2 aromatic heterocycles. The Balaban J connectivity index is 2.13. The van der Waals surface area contributed by atoms with Gasteiger partial charge in [0.05, 0.1) is 17.9 Å². The predicted octanol–water partition coefficient (Wildman–Crippen LogP) is 2.74. The molecular weight excluding hydrogens is 274 g/mol. The number of hydrogen-bond acceptors (Lipinski definition) is 5. The van der Waals surface area contributed by atoms with Gasteiger partial charge < -0.3 is 10.4 Å². The third kappa shape index (κ3) is 3.14. The molecule has 1 amide bonds. The van der Waals surface area contributed by atoms with Gasteiger partial charge in [-0.2, -0.15) is 0 Å². The molecule has 106 valence electrons. The van der Waals surface area contributed by atoms with E-state index in [9.17, 15) is 9.90 Å². The standard InChI is InChI=1S/C14H17N3O2S/c1-4-11(14-16-8(2)9(3)20-14)17-13(19)12-6-5-10(18)7-15-12/h5-7,11,18H,4H2,1-3H3,(H,17,19)/t11-/m1/s1. The number of nitrogens with one attached hydrogen (secondary N) is 1. The van der Waals surface area contributed by atoms with E-state index in [-0.39, 0.29) is 23.4 Å². The molecule has 0 aromatic carbocycles. The first-order chi connectivity index (χ1) is 9.51. The molecule has 0 saturated heterocycles. The quantitative estimate of drug-likeness (QED) is 0.908. The van der Waals surface area contributed by atoms with Crippen molar-refractivity contribution in [1.82, 2.24) is 15.3 Å². The lowest BCUT2D eigenvalue weighted by Gasteiger charge is -2.14. The number of thiazole rings is 1. The number of nitrogens with zero attached hydrogens (tertiary/aromatic N) is 2. The molecule has 0 unspecified atom stereocenters. The Hall–Kier alpha value is -1.95. The second-order valence-corrected chi connectivity index (χ2v) is 5.76. The highest BCUT2D eigenvalue weighted by molar-refractivity contribution is 7.11. The molecule has 0 spiro atoms. The van der Waals surface area contributed by atoms with Crippen LogP contribution in [0.5, 0.6) is 5.75 Å². The Bertz CT molecular complexity index is 588. The molecule has 2 rings (SSSR count). The smallest absolute Gasteiger partial charge is 0.270 e. The van der Waals surface area contributed by atoms with Crippen LogP contribution in [-0.4, -0.2) is 21.0 Å². The van der Waals surface area contributed by atoms with Crippen LogP contribution in [0, 0.1) is 13.8 Å². The number of rotatable bonds is 4. The summed E-state index contributed by atoms with van der Waals surface area (Å²) in [6.45, 7) is 5.99. The zero-order valence-corrected chi connectivity index (χ0v) is 12.5. The van der Waals surface area contributed by atoms with E-state index in [2.05, 4.69) is 15.3 Å². The van der Waals surface area contributed by atoms with Gasteiger partial charge in [-0.1, -0.05) is 6.92 Å².